The third-order valence-corrected chi connectivity index (χ3v) is 6.89. The van der Waals surface area contributed by atoms with Gasteiger partial charge in [0.25, 0.3) is 0 Å². The second kappa shape index (κ2) is 8.64. The molecular formula is C25H24Cl2N4O3. The molecule has 0 fully saturated rings. The van der Waals surface area contributed by atoms with Crippen LogP contribution < -0.4 is 14.8 Å². The maximum atomic E-state index is 13.3. The number of benzene rings is 2. The first kappa shape index (κ1) is 22.7. The fourth-order valence-electron chi connectivity index (χ4n) is 4.62. The van der Waals surface area contributed by atoms with Gasteiger partial charge in [-0.25, -0.2) is 4.68 Å². The summed E-state index contributed by atoms with van der Waals surface area (Å²) in [4.78, 5) is 17.6. The number of halogens is 2. The molecule has 1 atom stereocenters. The lowest BCUT2D eigenvalue weighted by Crippen LogP contribution is -2.36. The Morgan fingerprint density at radius 1 is 1.12 bits per heavy atom. The van der Waals surface area contributed by atoms with E-state index in [0.717, 1.165) is 28.8 Å². The summed E-state index contributed by atoms with van der Waals surface area (Å²) in [5.41, 5.74) is 3.27. The van der Waals surface area contributed by atoms with Crippen LogP contribution in [0.4, 0.5) is 5.95 Å². The number of hydrogen-bond acceptors (Lipinski definition) is 6. The Labute approximate surface area is 207 Å². The Kier molecular flexibility index (Phi) is 5.78. The Morgan fingerprint density at radius 3 is 2.71 bits per heavy atom. The molecule has 5 rings (SSSR count). The molecule has 0 bridgehead atoms. The molecule has 176 valence electrons. The number of carbonyl (C=O) groups excluding carboxylic acids is 1. The Morgan fingerprint density at radius 2 is 1.94 bits per heavy atom. The average molecular weight is 499 g/mol. The number of methoxy groups -OCH3 is 1. The van der Waals surface area contributed by atoms with Crippen molar-refractivity contribution in [3.63, 3.8) is 0 Å². The average Bonchev–Trinajstić information content (AvgIpc) is 3.25. The number of Topliss-reactive ketones (excluding diaryl/α,β-unsaturated/α-hetero) is 1. The molecule has 2 aromatic carbocycles. The zero-order chi connectivity index (χ0) is 24.0. The van der Waals surface area contributed by atoms with Crippen LogP contribution in [-0.2, 0) is 11.4 Å². The molecule has 0 unspecified atom stereocenters. The van der Waals surface area contributed by atoms with Gasteiger partial charge in [-0.3, -0.25) is 4.79 Å². The number of anilines is 1. The van der Waals surface area contributed by atoms with E-state index < -0.39 is 6.04 Å². The van der Waals surface area contributed by atoms with Crippen molar-refractivity contribution in [1.82, 2.24) is 14.8 Å². The number of ketones is 1. The molecule has 0 radical (unpaired) electrons. The van der Waals surface area contributed by atoms with Crippen molar-refractivity contribution in [2.24, 2.45) is 5.41 Å². The molecule has 1 N–H and O–H groups in total. The van der Waals surface area contributed by atoms with E-state index in [0.29, 0.717) is 40.5 Å². The zero-order valence-corrected chi connectivity index (χ0v) is 20.6. The van der Waals surface area contributed by atoms with Crippen LogP contribution in [0.15, 0.2) is 54.0 Å². The third kappa shape index (κ3) is 4.14. The van der Waals surface area contributed by atoms with Gasteiger partial charge in [0, 0.05) is 17.7 Å². The molecule has 0 amide bonds. The van der Waals surface area contributed by atoms with Crippen LogP contribution >= 0.6 is 23.2 Å². The van der Waals surface area contributed by atoms with E-state index >= 15 is 0 Å². The van der Waals surface area contributed by atoms with Gasteiger partial charge in [-0.05, 0) is 47.2 Å². The van der Waals surface area contributed by atoms with E-state index in [4.69, 9.17) is 32.7 Å². The summed E-state index contributed by atoms with van der Waals surface area (Å²) in [5.74, 6) is 1.87. The standard InChI is InChI=1S/C25H24Cl2N4O3/c1-25(2)10-18-22(19(32)11-25)23(31-24(30-18)28-13-29-31)15-5-7-20(21(9-15)33-3)34-12-14-4-6-16(26)17(27)8-14/h4-9,13,23H,10-12H2,1-3H3,(H,28,29,30)/t23-/m1/s1. The molecular weight excluding hydrogens is 475 g/mol. The topological polar surface area (TPSA) is 78.3 Å². The second-order valence-corrected chi connectivity index (χ2v) is 10.2. The number of ether oxygens (including phenoxy) is 2. The van der Waals surface area contributed by atoms with Crippen LogP contribution in [0, 0.1) is 5.41 Å². The molecule has 3 aromatic rings. The normalized spacial score (nSPS) is 18.7. The monoisotopic (exact) mass is 498 g/mol. The SMILES string of the molecule is COc1cc([C@@H]2C3=C(CC(C)(C)CC3=O)Nc3ncnn32)ccc1OCc1ccc(Cl)c(Cl)c1. The lowest BCUT2D eigenvalue weighted by molar-refractivity contribution is -0.118. The van der Waals surface area contributed by atoms with Gasteiger partial charge in [0.15, 0.2) is 17.3 Å². The van der Waals surface area contributed by atoms with Crippen LogP contribution in [0.2, 0.25) is 10.0 Å². The first-order chi connectivity index (χ1) is 16.3. The van der Waals surface area contributed by atoms with Crippen LogP contribution in [0.1, 0.15) is 43.9 Å². The molecule has 2 aliphatic rings. The first-order valence-corrected chi connectivity index (χ1v) is 11.7. The number of allylic oxidation sites excluding steroid dienone is 2. The number of aromatic nitrogens is 3. The van der Waals surface area contributed by atoms with E-state index in [2.05, 4.69) is 29.2 Å². The van der Waals surface area contributed by atoms with Crippen molar-refractivity contribution in [2.45, 2.75) is 39.3 Å². The summed E-state index contributed by atoms with van der Waals surface area (Å²) < 4.78 is 13.4. The van der Waals surface area contributed by atoms with E-state index in [9.17, 15) is 4.79 Å². The summed E-state index contributed by atoms with van der Waals surface area (Å²) in [6.45, 7) is 4.51. The quantitative estimate of drug-likeness (QED) is 0.476. The van der Waals surface area contributed by atoms with Crippen molar-refractivity contribution >= 4 is 34.9 Å². The molecule has 1 aliphatic carbocycles. The van der Waals surface area contributed by atoms with Gasteiger partial charge in [-0.15, -0.1) is 0 Å². The number of nitrogens with zero attached hydrogens (tertiary/aromatic N) is 3. The maximum Gasteiger partial charge on any atom is 0.226 e. The van der Waals surface area contributed by atoms with Crippen molar-refractivity contribution in [1.29, 1.82) is 0 Å². The minimum Gasteiger partial charge on any atom is -0.493 e. The number of nitrogens with one attached hydrogen (secondary N) is 1. The summed E-state index contributed by atoms with van der Waals surface area (Å²) in [5, 5.41) is 8.70. The fraction of sp³-hybridized carbons (Fsp3) is 0.320. The molecule has 2 heterocycles. The van der Waals surface area contributed by atoms with Crippen molar-refractivity contribution in [3.05, 3.63) is 75.2 Å². The minimum atomic E-state index is -0.393. The molecule has 9 heteroatoms. The highest BCUT2D eigenvalue weighted by Gasteiger charge is 2.41. The van der Waals surface area contributed by atoms with Gasteiger partial charge in [0.2, 0.25) is 5.95 Å². The largest absolute Gasteiger partial charge is 0.493 e. The molecule has 34 heavy (non-hydrogen) atoms. The molecule has 7 nitrogen and oxygen atoms in total. The minimum absolute atomic E-state index is 0.115. The third-order valence-electron chi connectivity index (χ3n) is 6.16. The van der Waals surface area contributed by atoms with Gasteiger partial charge >= 0.3 is 0 Å². The number of rotatable bonds is 5. The van der Waals surface area contributed by atoms with Gasteiger partial charge in [-0.1, -0.05) is 49.2 Å². The van der Waals surface area contributed by atoms with Gasteiger partial charge in [0.05, 0.1) is 17.2 Å². The highest BCUT2D eigenvalue weighted by molar-refractivity contribution is 6.42. The van der Waals surface area contributed by atoms with Crippen LogP contribution in [0.3, 0.4) is 0 Å². The molecule has 1 aliphatic heterocycles. The lowest BCUT2D eigenvalue weighted by atomic mass is 9.73. The number of fused-ring (bicyclic) bond motifs is 1. The smallest absolute Gasteiger partial charge is 0.226 e. The highest BCUT2D eigenvalue weighted by atomic mass is 35.5. The predicted octanol–water partition coefficient (Wildman–Crippen LogP) is 5.83. The van der Waals surface area contributed by atoms with E-state index in [1.807, 2.05) is 24.3 Å². The van der Waals surface area contributed by atoms with Crippen LogP contribution in [-0.4, -0.2) is 27.7 Å². The summed E-state index contributed by atoms with van der Waals surface area (Å²) in [6.07, 6.45) is 2.74. The van der Waals surface area contributed by atoms with Crippen molar-refractivity contribution in [2.75, 3.05) is 12.4 Å². The number of carbonyl (C=O) groups is 1. The van der Waals surface area contributed by atoms with Crippen molar-refractivity contribution < 1.29 is 14.3 Å². The highest BCUT2D eigenvalue weighted by Crippen LogP contribution is 2.46. The van der Waals surface area contributed by atoms with Gasteiger partial charge in [-0.2, -0.15) is 10.1 Å². The summed E-state index contributed by atoms with van der Waals surface area (Å²) in [6, 6.07) is 10.7. The van der Waals surface area contributed by atoms with Crippen LogP contribution in [0.5, 0.6) is 11.5 Å². The maximum absolute atomic E-state index is 13.3. The first-order valence-electron chi connectivity index (χ1n) is 10.9. The Balaban J connectivity index is 1.49. The molecule has 0 saturated heterocycles. The Bertz CT molecular complexity index is 1320. The van der Waals surface area contributed by atoms with E-state index in [1.165, 1.54) is 6.33 Å². The Hall–Kier alpha value is -3.03. The molecule has 0 spiro atoms. The van der Waals surface area contributed by atoms with E-state index in [-0.39, 0.29) is 11.2 Å². The van der Waals surface area contributed by atoms with Gasteiger partial charge < -0.3 is 14.8 Å². The van der Waals surface area contributed by atoms with Crippen molar-refractivity contribution in [3.8, 4) is 11.5 Å². The fourth-order valence-corrected chi connectivity index (χ4v) is 4.94. The lowest BCUT2D eigenvalue weighted by Gasteiger charge is -2.38. The molecule has 0 saturated carbocycles. The van der Waals surface area contributed by atoms with Gasteiger partial charge in [0.1, 0.15) is 19.0 Å². The van der Waals surface area contributed by atoms with Crippen LogP contribution in [0.25, 0.3) is 0 Å². The van der Waals surface area contributed by atoms with E-state index in [1.54, 1.807) is 23.9 Å². The second-order valence-electron chi connectivity index (χ2n) is 9.34. The molecule has 1 aromatic heterocycles. The predicted molar refractivity (Wildman–Crippen MR) is 131 cm³/mol. The number of hydrogen-bond donors (Lipinski definition) is 1. The summed E-state index contributed by atoms with van der Waals surface area (Å²) >= 11 is 12.1. The zero-order valence-electron chi connectivity index (χ0n) is 19.1. The summed E-state index contributed by atoms with van der Waals surface area (Å²) in [7, 11) is 1.59.